The lowest BCUT2D eigenvalue weighted by molar-refractivity contribution is 0.105. The molecule has 0 aromatic carbocycles. The number of hydrogen-bond acceptors (Lipinski definition) is 5. The minimum absolute atomic E-state index is 0.521. The van der Waals surface area contributed by atoms with Crippen molar-refractivity contribution in [1.29, 1.82) is 0 Å². The van der Waals surface area contributed by atoms with E-state index in [1.54, 1.807) is 24.6 Å². The molecule has 0 amide bonds. The van der Waals surface area contributed by atoms with E-state index in [1.165, 1.54) is 4.88 Å². The molecular formula is C16H24N4O2S. The number of aromatic nitrogens is 1. The van der Waals surface area contributed by atoms with Crippen molar-refractivity contribution in [3.8, 4) is 0 Å². The maximum atomic E-state index is 5.53. The standard InChI is InChI=1S/C16H24N4O2S/c1-13-11-20-15(23-13)6-8-19-16(17-2)18-7-4-9-21-12-14-5-3-10-22-14/h3,5,10-11H,4,6-9,12H2,1-2H3,(H2,17,18,19). The first-order valence-electron chi connectivity index (χ1n) is 7.74. The van der Waals surface area contributed by atoms with Gasteiger partial charge in [0, 0.05) is 44.2 Å². The van der Waals surface area contributed by atoms with Crippen LogP contribution in [0.4, 0.5) is 0 Å². The molecule has 0 spiro atoms. The van der Waals surface area contributed by atoms with Crippen LogP contribution in [0.2, 0.25) is 0 Å². The molecule has 0 aliphatic heterocycles. The largest absolute Gasteiger partial charge is 0.467 e. The molecule has 0 aliphatic carbocycles. The lowest BCUT2D eigenvalue weighted by Crippen LogP contribution is -2.39. The second-order valence-corrected chi connectivity index (χ2v) is 6.35. The van der Waals surface area contributed by atoms with Crippen LogP contribution >= 0.6 is 11.3 Å². The second kappa shape index (κ2) is 10.0. The van der Waals surface area contributed by atoms with E-state index in [1.807, 2.05) is 18.3 Å². The molecule has 0 atom stereocenters. The smallest absolute Gasteiger partial charge is 0.190 e. The highest BCUT2D eigenvalue weighted by molar-refractivity contribution is 7.11. The van der Waals surface area contributed by atoms with Crippen LogP contribution < -0.4 is 10.6 Å². The van der Waals surface area contributed by atoms with E-state index in [4.69, 9.17) is 9.15 Å². The number of rotatable bonds is 9. The number of furan rings is 1. The molecular weight excluding hydrogens is 312 g/mol. The van der Waals surface area contributed by atoms with Gasteiger partial charge in [-0.05, 0) is 25.5 Å². The van der Waals surface area contributed by atoms with Gasteiger partial charge in [0.15, 0.2) is 5.96 Å². The van der Waals surface area contributed by atoms with E-state index in [9.17, 15) is 0 Å². The van der Waals surface area contributed by atoms with Crippen LogP contribution in [0.15, 0.2) is 34.0 Å². The molecule has 7 heteroatoms. The van der Waals surface area contributed by atoms with E-state index >= 15 is 0 Å². The van der Waals surface area contributed by atoms with Gasteiger partial charge in [-0.25, -0.2) is 4.98 Å². The molecule has 0 fully saturated rings. The topological polar surface area (TPSA) is 71.7 Å². The number of thiazole rings is 1. The Morgan fingerprint density at radius 2 is 2.26 bits per heavy atom. The second-order valence-electron chi connectivity index (χ2n) is 5.03. The summed E-state index contributed by atoms with van der Waals surface area (Å²) in [6.07, 6.45) is 5.39. The Morgan fingerprint density at radius 3 is 2.96 bits per heavy atom. The summed E-state index contributed by atoms with van der Waals surface area (Å²) in [4.78, 5) is 9.80. The molecule has 0 aliphatic rings. The fourth-order valence-electron chi connectivity index (χ4n) is 1.97. The maximum Gasteiger partial charge on any atom is 0.190 e. The van der Waals surface area contributed by atoms with Gasteiger partial charge in [0.2, 0.25) is 0 Å². The van der Waals surface area contributed by atoms with Gasteiger partial charge in [0.1, 0.15) is 12.4 Å². The Balaban J connectivity index is 1.51. The highest BCUT2D eigenvalue weighted by Gasteiger charge is 2.01. The first-order valence-corrected chi connectivity index (χ1v) is 8.55. The molecule has 2 N–H and O–H groups in total. The van der Waals surface area contributed by atoms with Crippen molar-refractivity contribution in [2.24, 2.45) is 4.99 Å². The molecule has 0 saturated carbocycles. The number of nitrogens with zero attached hydrogens (tertiary/aromatic N) is 2. The third-order valence-electron chi connectivity index (χ3n) is 3.11. The molecule has 2 aromatic rings. The minimum atomic E-state index is 0.521. The van der Waals surface area contributed by atoms with Gasteiger partial charge in [0.25, 0.3) is 0 Å². The van der Waals surface area contributed by atoms with Crippen LogP contribution in [0.1, 0.15) is 22.1 Å². The van der Waals surface area contributed by atoms with Crippen LogP contribution in [0.3, 0.4) is 0 Å². The van der Waals surface area contributed by atoms with Crippen molar-refractivity contribution in [3.63, 3.8) is 0 Å². The van der Waals surface area contributed by atoms with E-state index < -0.39 is 0 Å². The summed E-state index contributed by atoms with van der Waals surface area (Å²) in [5.74, 6) is 1.66. The zero-order valence-electron chi connectivity index (χ0n) is 13.7. The summed E-state index contributed by atoms with van der Waals surface area (Å²) in [5, 5.41) is 7.71. The van der Waals surface area contributed by atoms with Gasteiger partial charge in [-0.2, -0.15) is 0 Å². The third-order valence-corrected chi connectivity index (χ3v) is 4.08. The molecule has 0 unspecified atom stereocenters. The van der Waals surface area contributed by atoms with Crippen molar-refractivity contribution in [3.05, 3.63) is 40.2 Å². The minimum Gasteiger partial charge on any atom is -0.467 e. The van der Waals surface area contributed by atoms with Gasteiger partial charge in [-0.15, -0.1) is 11.3 Å². The summed E-state index contributed by atoms with van der Waals surface area (Å²) >= 11 is 1.74. The number of aliphatic imine (C=N–C) groups is 1. The highest BCUT2D eigenvalue weighted by Crippen LogP contribution is 2.10. The van der Waals surface area contributed by atoms with Crippen LogP contribution in [0.25, 0.3) is 0 Å². The van der Waals surface area contributed by atoms with E-state index in [-0.39, 0.29) is 0 Å². The Labute approximate surface area is 141 Å². The Bertz CT molecular complexity index is 581. The average molecular weight is 336 g/mol. The fourth-order valence-corrected chi connectivity index (χ4v) is 2.76. The van der Waals surface area contributed by atoms with Gasteiger partial charge in [-0.3, -0.25) is 4.99 Å². The summed E-state index contributed by atoms with van der Waals surface area (Å²) in [5.41, 5.74) is 0. The third kappa shape index (κ3) is 6.83. The van der Waals surface area contributed by atoms with E-state index in [0.717, 1.165) is 42.7 Å². The number of nitrogens with one attached hydrogen (secondary N) is 2. The van der Waals surface area contributed by atoms with Crippen LogP contribution in [-0.4, -0.2) is 37.7 Å². The van der Waals surface area contributed by atoms with Gasteiger partial charge >= 0.3 is 0 Å². The fraction of sp³-hybridized carbons (Fsp3) is 0.500. The highest BCUT2D eigenvalue weighted by atomic mass is 32.1. The molecule has 0 saturated heterocycles. The number of guanidine groups is 1. The Hall–Kier alpha value is -1.86. The average Bonchev–Trinajstić information content (AvgIpc) is 3.20. The van der Waals surface area contributed by atoms with Gasteiger partial charge in [-0.1, -0.05) is 0 Å². The van der Waals surface area contributed by atoms with Crippen LogP contribution in [-0.2, 0) is 17.8 Å². The zero-order chi connectivity index (χ0) is 16.3. The number of aryl methyl sites for hydroxylation is 1. The lowest BCUT2D eigenvalue weighted by atomic mass is 10.4. The van der Waals surface area contributed by atoms with Crippen molar-refractivity contribution >= 4 is 17.3 Å². The van der Waals surface area contributed by atoms with Crippen molar-refractivity contribution < 1.29 is 9.15 Å². The molecule has 126 valence electrons. The van der Waals surface area contributed by atoms with Gasteiger partial charge < -0.3 is 19.8 Å². The van der Waals surface area contributed by atoms with E-state index in [0.29, 0.717) is 13.2 Å². The SMILES string of the molecule is CN=C(NCCCOCc1ccco1)NCCc1ncc(C)s1. The summed E-state index contributed by atoms with van der Waals surface area (Å²) in [6, 6.07) is 3.77. The molecule has 2 heterocycles. The monoisotopic (exact) mass is 336 g/mol. The molecule has 2 aromatic heterocycles. The summed E-state index contributed by atoms with van der Waals surface area (Å²) in [6.45, 7) is 4.91. The Morgan fingerprint density at radius 1 is 1.39 bits per heavy atom. The number of hydrogen-bond donors (Lipinski definition) is 2. The molecule has 6 nitrogen and oxygen atoms in total. The Kier molecular flexibility index (Phi) is 7.62. The van der Waals surface area contributed by atoms with Crippen molar-refractivity contribution in [2.75, 3.05) is 26.7 Å². The quantitative estimate of drug-likeness (QED) is 0.418. The van der Waals surface area contributed by atoms with Crippen LogP contribution in [0, 0.1) is 6.92 Å². The van der Waals surface area contributed by atoms with E-state index in [2.05, 4.69) is 27.5 Å². The molecule has 0 radical (unpaired) electrons. The zero-order valence-corrected chi connectivity index (χ0v) is 14.5. The predicted molar refractivity (Wildman–Crippen MR) is 92.9 cm³/mol. The first-order chi connectivity index (χ1) is 11.3. The maximum absolute atomic E-state index is 5.53. The molecule has 23 heavy (non-hydrogen) atoms. The first kappa shape index (κ1) is 17.5. The van der Waals surface area contributed by atoms with Crippen molar-refractivity contribution in [1.82, 2.24) is 15.6 Å². The van der Waals surface area contributed by atoms with Gasteiger partial charge in [0.05, 0.1) is 11.3 Å². The number of ether oxygens (including phenoxy) is 1. The predicted octanol–water partition coefficient (Wildman–Crippen LogP) is 2.36. The normalized spacial score (nSPS) is 11.7. The van der Waals surface area contributed by atoms with Crippen LogP contribution in [0.5, 0.6) is 0 Å². The van der Waals surface area contributed by atoms with Crippen molar-refractivity contribution in [2.45, 2.75) is 26.4 Å². The lowest BCUT2D eigenvalue weighted by Gasteiger charge is -2.11. The molecule has 0 bridgehead atoms. The summed E-state index contributed by atoms with van der Waals surface area (Å²) in [7, 11) is 1.77. The summed E-state index contributed by atoms with van der Waals surface area (Å²) < 4.78 is 10.7. The molecule has 2 rings (SSSR count).